The van der Waals surface area contributed by atoms with Crippen LogP contribution in [0.2, 0.25) is 0 Å². The van der Waals surface area contributed by atoms with E-state index < -0.39 is 11.9 Å². The molecule has 0 amide bonds. The molecule has 0 saturated heterocycles. The molecule has 0 aliphatic rings. The van der Waals surface area contributed by atoms with Crippen molar-refractivity contribution in [3.8, 4) is 0 Å². The molecule has 0 N–H and O–H groups in total. The average molecular weight is 197 g/mol. The van der Waals surface area contributed by atoms with Gasteiger partial charge in [-0.15, -0.1) is 0 Å². The molecule has 0 fully saturated rings. The molecule has 0 heterocycles. The predicted molar refractivity (Wildman–Crippen MR) is 23.5 cm³/mol. The van der Waals surface area contributed by atoms with E-state index in [0.29, 0.717) is 0 Å². The monoisotopic (exact) mass is 196 g/mol. The molecule has 0 aromatic carbocycles. The molecule has 10 heavy (non-hydrogen) atoms. The first kappa shape index (κ1) is 22.7. The molecular formula is C4H6NO4Zn. The van der Waals surface area contributed by atoms with E-state index in [0.717, 1.165) is 13.8 Å². The van der Waals surface area contributed by atoms with Crippen molar-refractivity contribution in [3.05, 3.63) is 0 Å². The summed E-state index contributed by atoms with van der Waals surface area (Å²) < 4.78 is 0. The van der Waals surface area contributed by atoms with Gasteiger partial charge in [0.25, 0.3) is 0 Å². The zero-order valence-corrected chi connectivity index (χ0v) is 8.75. The van der Waals surface area contributed by atoms with Crippen molar-refractivity contribution in [3.63, 3.8) is 0 Å². The first-order chi connectivity index (χ1) is 3.46. The Hall–Kier alpha value is -0.477. The number of aliphatic carboxylic acids is 2. The van der Waals surface area contributed by atoms with Crippen LogP contribution in [0.4, 0.5) is 0 Å². The van der Waals surface area contributed by atoms with Gasteiger partial charge in [-0.1, -0.05) is 0 Å². The van der Waals surface area contributed by atoms with Crippen molar-refractivity contribution < 1.29 is 39.3 Å². The zero-order chi connectivity index (χ0) is 7.15. The van der Waals surface area contributed by atoms with Crippen LogP contribution >= 0.6 is 0 Å². The Morgan fingerprint density at radius 3 is 1.00 bits per heavy atom. The Balaban J connectivity index is -0.0000000300. The van der Waals surface area contributed by atoms with Gasteiger partial charge in [-0.25, -0.2) is 0 Å². The van der Waals surface area contributed by atoms with E-state index in [1.807, 2.05) is 0 Å². The summed E-state index contributed by atoms with van der Waals surface area (Å²) in [6, 6.07) is 0. The molecule has 0 unspecified atom stereocenters. The van der Waals surface area contributed by atoms with Crippen LogP contribution < -0.4 is 16.4 Å². The normalized spacial score (nSPS) is 5.00. The van der Waals surface area contributed by atoms with E-state index in [1.165, 1.54) is 0 Å². The molecule has 6 heteroatoms. The van der Waals surface area contributed by atoms with Gasteiger partial charge in [0.05, 0.1) is 0 Å². The average Bonchev–Trinajstić information content (AvgIpc) is 1.25. The molecule has 0 spiro atoms. The summed E-state index contributed by atoms with van der Waals surface area (Å²) in [4.78, 5) is 17.8. The SMILES string of the molecule is CC(=O)[O-].CC(=O)[O-].[N].[Zn+2]. The smallest absolute Gasteiger partial charge is 0.550 e. The van der Waals surface area contributed by atoms with E-state index in [-0.39, 0.29) is 25.6 Å². The first-order valence-corrected chi connectivity index (χ1v) is 1.82. The van der Waals surface area contributed by atoms with Crippen LogP contribution in [0.5, 0.6) is 0 Å². The predicted octanol–water partition coefficient (Wildman–Crippen LogP) is -2.97. The third kappa shape index (κ3) is 1410. The van der Waals surface area contributed by atoms with Crippen molar-refractivity contribution in [1.82, 2.24) is 6.15 Å². The molecule has 0 atom stereocenters. The van der Waals surface area contributed by atoms with Gasteiger partial charge in [0.2, 0.25) is 0 Å². The topological polar surface area (TPSA) is 111 Å². The summed E-state index contributed by atoms with van der Waals surface area (Å²) in [5.41, 5.74) is 0. The summed E-state index contributed by atoms with van der Waals surface area (Å²) in [6.07, 6.45) is 0. The fourth-order valence-corrected chi connectivity index (χ4v) is 0. The molecule has 0 saturated carbocycles. The van der Waals surface area contributed by atoms with Crippen molar-refractivity contribution in [1.29, 1.82) is 0 Å². The zero-order valence-electron chi connectivity index (χ0n) is 5.79. The maximum atomic E-state index is 8.89. The first-order valence-electron chi connectivity index (χ1n) is 1.82. The van der Waals surface area contributed by atoms with Gasteiger partial charge in [0.1, 0.15) is 0 Å². The summed E-state index contributed by atoms with van der Waals surface area (Å²) in [5.74, 6) is -2.17. The second-order valence-electron chi connectivity index (χ2n) is 0.983. The quantitative estimate of drug-likeness (QED) is 0.386. The van der Waals surface area contributed by atoms with Gasteiger partial charge in [-0.3, -0.25) is 0 Å². The number of rotatable bonds is 0. The van der Waals surface area contributed by atoms with Gasteiger partial charge >= 0.3 is 19.5 Å². The van der Waals surface area contributed by atoms with Gasteiger partial charge in [-0.2, -0.15) is 0 Å². The number of nitrogens with zero attached hydrogens (tertiary/aromatic N) is 1. The number of carboxylic acid groups (broad SMARTS) is 2. The van der Waals surface area contributed by atoms with Gasteiger partial charge < -0.3 is 19.8 Å². The van der Waals surface area contributed by atoms with Crippen molar-refractivity contribution in [2.45, 2.75) is 13.8 Å². The van der Waals surface area contributed by atoms with Crippen LogP contribution in [0.3, 0.4) is 0 Å². The minimum atomic E-state index is -1.08. The third-order valence-electron chi connectivity index (χ3n) is 0. The molecule has 0 rings (SSSR count). The Morgan fingerprint density at radius 1 is 1.00 bits per heavy atom. The van der Waals surface area contributed by atoms with Gasteiger partial charge in [0.15, 0.2) is 0 Å². The summed E-state index contributed by atoms with van der Waals surface area (Å²) >= 11 is 0. The fraction of sp³-hybridized carbons (Fsp3) is 0.500. The Labute approximate surface area is 71.8 Å². The second kappa shape index (κ2) is 15.8. The van der Waals surface area contributed by atoms with Crippen molar-refractivity contribution >= 4 is 11.9 Å². The minimum Gasteiger partial charge on any atom is -0.550 e. The Kier molecular flexibility index (Phi) is 35.9. The van der Waals surface area contributed by atoms with E-state index >= 15 is 0 Å². The van der Waals surface area contributed by atoms with Crippen LogP contribution in [0.25, 0.3) is 0 Å². The van der Waals surface area contributed by atoms with E-state index in [4.69, 9.17) is 19.8 Å². The van der Waals surface area contributed by atoms with Crippen molar-refractivity contribution in [2.24, 2.45) is 0 Å². The summed E-state index contributed by atoms with van der Waals surface area (Å²) in [5, 5.41) is 17.8. The minimum absolute atomic E-state index is 0. The van der Waals surface area contributed by atoms with Crippen molar-refractivity contribution in [2.75, 3.05) is 0 Å². The number of carbonyl (C=O) groups is 2. The van der Waals surface area contributed by atoms with Gasteiger partial charge in [0, 0.05) is 18.1 Å². The van der Waals surface area contributed by atoms with E-state index in [1.54, 1.807) is 0 Å². The van der Waals surface area contributed by atoms with E-state index in [2.05, 4.69) is 0 Å². The molecule has 0 aliphatic carbocycles. The van der Waals surface area contributed by atoms with Crippen LogP contribution in [-0.2, 0) is 29.1 Å². The van der Waals surface area contributed by atoms with Crippen LogP contribution in [0.15, 0.2) is 0 Å². The number of hydrogen-bond acceptors (Lipinski definition) is 4. The number of hydrogen-bond donors (Lipinski definition) is 0. The third-order valence-corrected chi connectivity index (χ3v) is 0. The molecule has 0 bridgehead atoms. The maximum absolute atomic E-state index is 8.89. The molecule has 53 valence electrons. The molecular weight excluding hydrogens is 191 g/mol. The molecule has 0 aromatic heterocycles. The molecule has 0 aliphatic heterocycles. The Bertz CT molecular complexity index is 75.3. The van der Waals surface area contributed by atoms with Crippen LogP contribution in [-0.4, -0.2) is 11.9 Å². The standard InChI is InChI=1S/2C2H4O2.N.Zn/c2*1-2(3)4;;/h2*1H3,(H,3,4);;/q;;;+2/p-2. The molecule has 0 aromatic rings. The maximum Gasteiger partial charge on any atom is 2.00 e. The Morgan fingerprint density at radius 2 is 1.00 bits per heavy atom. The summed E-state index contributed by atoms with van der Waals surface area (Å²) in [6.45, 7) is 1.94. The van der Waals surface area contributed by atoms with Gasteiger partial charge in [-0.05, 0) is 13.8 Å². The van der Waals surface area contributed by atoms with E-state index in [9.17, 15) is 0 Å². The number of carbonyl (C=O) groups excluding carboxylic acids is 2. The molecule has 5 nitrogen and oxygen atoms in total. The van der Waals surface area contributed by atoms with Crippen LogP contribution in [0.1, 0.15) is 13.8 Å². The molecule has 3 radical (unpaired) electrons. The number of carboxylic acids is 2. The fourth-order valence-electron chi connectivity index (χ4n) is 0. The summed E-state index contributed by atoms with van der Waals surface area (Å²) in [7, 11) is 0. The largest absolute Gasteiger partial charge is 2.00 e. The second-order valence-corrected chi connectivity index (χ2v) is 0.983. The van der Waals surface area contributed by atoms with Crippen LogP contribution in [0, 0.1) is 0 Å².